The molecule has 0 fully saturated rings. The molecule has 0 aliphatic carbocycles. The van der Waals surface area contributed by atoms with Crippen molar-refractivity contribution < 1.29 is 14.7 Å². The quantitative estimate of drug-likeness (QED) is 0.793. The molecule has 0 aliphatic rings. The van der Waals surface area contributed by atoms with Crippen LogP contribution in [0, 0.1) is 0 Å². The predicted molar refractivity (Wildman–Crippen MR) is 84.7 cm³/mol. The Morgan fingerprint density at radius 3 is 2.62 bits per heavy atom. The van der Waals surface area contributed by atoms with Crippen molar-refractivity contribution in [3.8, 4) is 0 Å². The molecular formula is C14H11BrN2O3S. The van der Waals surface area contributed by atoms with E-state index in [1.54, 1.807) is 6.07 Å². The Kier molecular flexibility index (Phi) is 5.35. The first-order valence-electron chi connectivity index (χ1n) is 5.92. The molecule has 1 heterocycles. The van der Waals surface area contributed by atoms with Crippen LogP contribution >= 0.6 is 27.7 Å². The highest BCUT2D eigenvalue weighted by Crippen LogP contribution is 2.20. The molecule has 1 aromatic heterocycles. The van der Waals surface area contributed by atoms with E-state index in [2.05, 4.69) is 26.2 Å². The number of rotatable bonds is 5. The van der Waals surface area contributed by atoms with E-state index in [1.807, 2.05) is 24.3 Å². The minimum atomic E-state index is -1.13. The number of aromatic carboxylic acids is 1. The van der Waals surface area contributed by atoms with Crippen LogP contribution in [-0.2, 0) is 4.79 Å². The van der Waals surface area contributed by atoms with Crippen LogP contribution in [0.25, 0.3) is 0 Å². The Hall–Kier alpha value is -1.86. The molecule has 2 aromatic rings. The van der Waals surface area contributed by atoms with Gasteiger partial charge in [0.15, 0.2) is 0 Å². The minimum Gasteiger partial charge on any atom is -0.477 e. The summed E-state index contributed by atoms with van der Waals surface area (Å²) in [4.78, 5) is 27.3. The number of nitrogens with one attached hydrogen (secondary N) is 1. The van der Waals surface area contributed by atoms with E-state index in [9.17, 15) is 9.59 Å². The zero-order valence-corrected chi connectivity index (χ0v) is 13.1. The zero-order valence-electron chi connectivity index (χ0n) is 10.7. The van der Waals surface area contributed by atoms with E-state index < -0.39 is 5.97 Å². The maximum absolute atomic E-state index is 11.8. The van der Waals surface area contributed by atoms with Crippen LogP contribution in [0.2, 0.25) is 0 Å². The lowest BCUT2D eigenvalue weighted by Gasteiger charge is -2.05. The third-order valence-corrected chi connectivity index (χ3v) is 3.99. The number of amides is 1. The Morgan fingerprint density at radius 2 is 1.95 bits per heavy atom. The second-order valence-corrected chi connectivity index (χ2v) is 5.99. The SMILES string of the molecule is O=C(CSc1ccc(Br)cc1)Nc1ccnc(C(=O)O)c1. The van der Waals surface area contributed by atoms with E-state index in [4.69, 9.17) is 5.11 Å². The molecule has 0 aliphatic heterocycles. The first-order valence-corrected chi connectivity index (χ1v) is 7.70. The minimum absolute atomic E-state index is 0.103. The lowest BCUT2D eigenvalue weighted by atomic mass is 10.3. The normalized spacial score (nSPS) is 10.1. The molecule has 0 unspecified atom stereocenters. The molecule has 5 nitrogen and oxygen atoms in total. The molecule has 0 saturated carbocycles. The van der Waals surface area contributed by atoms with Gasteiger partial charge >= 0.3 is 5.97 Å². The van der Waals surface area contributed by atoms with Gasteiger partial charge in [0.05, 0.1) is 5.75 Å². The van der Waals surface area contributed by atoms with Crippen molar-refractivity contribution in [2.75, 3.05) is 11.1 Å². The summed E-state index contributed by atoms with van der Waals surface area (Å²) in [6.45, 7) is 0. The van der Waals surface area contributed by atoms with Gasteiger partial charge in [-0.15, -0.1) is 11.8 Å². The number of benzene rings is 1. The van der Waals surface area contributed by atoms with Gasteiger partial charge < -0.3 is 10.4 Å². The van der Waals surface area contributed by atoms with Gasteiger partial charge in [-0.05, 0) is 36.4 Å². The lowest BCUT2D eigenvalue weighted by Crippen LogP contribution is -2.14. The number of carbonyl (C=O) groups is 2. The van der Waals surface area contributed by atoms with E-state index in [0.29, 0.717) is 5.69 Å². The zero-order chi connectivity index (χ0) is 15.2. The van der Waals surface area contributed by atoms with Crippen molar-refractivity contribution in [3.05, 3.63) is 52.8 Å². The Bertz CT molecular complexity index is 662. The van der Waals surface area contributed by atoms with E-state index in [1.165, 1.54) is 24.0 Å². The summed E-state index contributed by atoms with van der Waals surface area (Å²) in [7, 11) is 0. The molecule has 2 N–H and O–H groups in total. The number of aromatic nitrogens is 1. The highest BCUT2D eigenvalue weighted by Gasteiger charge is 2.08. The molecule has 1 aromatic carbocycles. The first kappa shape index (κ1) is 15.5. The number of halogens is 1. The number of carbonyl (C=O) groups excluding carboxylic acids is 1. The third-order valence-electron chi connectivity index (χ3n) is 2.45. The van der Waals surface area contributed by atoms with Crippen molar-refractivity contribution in [1.82, 2.24) is 4.98 Å². The van der Waals surface area contributed by atoms with E-state index >= 15 is 0 Å². The molecule has 1 amide bonds. The molecule has 0 radical (unpaired) electrons. The smallest absolute Gasteiger partial charge is 0.354 e. The number of carboxylic acid groups (broad SMARTS) is 1. The van der Waals surface area contributed by atoms with Gasteiger partial charge in [0, 0.05) is 21.3 Å². The molecule has 21 heavy (non-hydrogen) atoms. The van der Waals surface area contributed by atoms with Gasteiger partial charge in [-0.25, -0.2) is 9.78 Å². The van der Waals surface area contributed by atoms with Crippen LogP contribution in [0.5, 0.6) is 0 Å². The van der Waals surface area contributed by atoms with Gasteiger partial charge in [0.25, 0.3) is 0 Å². The fourth-order valence-corrected chi connectivity index (χ4v) is 2.46. The highest BCUT2D eigenvalue weighted by molar-refractivity contribution is 9.10. The number of nitrogens with zero attached hydrogens (tertiary/aromatic N) is 1. The van der Waals surface area contributed by atoms with Crippen molar-refractivity contribution in [1.29, 1.82) is 0 Å². The molecule has 0 spiro atoms. The monoisotopic (exact) mass is 366 g/mol. The fourth-order valence-electron chi connectivity index (χ4n) is 1.50. The average molecular weight is 367 g/mol. The molecule has 0 bridgehead atoms. The maximum atomic E-state index is 11.8. The van der Waals surface area contributed by atoms with Gasteiger partial charge in [-0.2, -0.15) is 0 Å². The Labute approximate surface area is 133 Å². The first-order chi connectivity index (χ1) is 10.0. The topological polar surface area (TPSA) is 79.3 Å². The number of hydrogen-bond donors (Lipinski definition) is 2. The molecule has 0 atom stereocenters. The molecular weight excluding hydrogens is 356 g/mol. The molecule has 108 valence electrons. The summed E-state index contributed by atoms with van der Waals surface area (Å²) in [5.41, 5.74) is 0.317. The number of thioether (sulfide) groups is 1. The maximum Gasteiger partial charge on any atom is 0.354 e. The van der Waals surface area contributed by atoms with Crippen molar-refractivity contribution in [3.63, 3.8) is 0 Å². The average Bonchev–Trinajstić information content (AvgIpc) is 2.47. The largest absolute Gasteiger partial charge is 0.477 e. The van der Waals surface area contributed by atoms with E-state index in [0.717, 1.165) is 9.37 Å². The van der Waals surface area contributed by atoms with Crippen molar-refractivity contribution >= 4 is 45.3 Å². The Balaban J connectivity index is 1.91. The number of anilines is 1. The van der Waals surface area contributed by atoms with Crippen LogP contribution < -0.4 is 5.32 Å². The summed E-state index contributed by atoms with van der Waals surface area (Å²) >= 11 is 4.75. The van der Waals surface area contributed by atoms with Crippen molar-refractivity contribution in [2.24, 2.45) is 0 Å². The second-order valence-electron chi connectivity index (χ2n) is 4.03. The van der Waals surface area contributed by atoms with Gasteiger partial charge in [-0.1, -0.05) is 15.9 Å². The summed E-state index contributed by atoms with van der Waals surface area (Å²) in [6.07, 6.45) is 1.35. The second kappa shape index (κ2) is 7.24. The van der Waals surface area contributed by atoms with Crippen molar-refractivity contribution in [2.45, 2.75) is 4.90 Å². The standard InChI is InChI=1S/C14H11BrN2O3S/c15-9-1-3-11(4-2-9)21-8-13(18)17-10-5-6-16-12(7-10)14(19)20/h1-7H,8H2,(H,19,20)(H,16,17,18). The van der Waals surface area contributed by atoms with Gasteiger partial charge in [0.1, 0.15) is 5.69 Å². The van der Waals surface area contributed by atoms with E-state index in [-0.39, 0.29) is 17.4 Å². The summed E-state index contributed by atoms with van der Waals surface area (Å²) in [5.74, 6) is -1.09. The van der Waals surface area contributed by atoms with Crippen LogP contribution in [0.4, 0.5) is 5.69 Å². The van der Waals surface area contributed by atoms with Crippen LogP contribution in [0.15, 0.2) is 52.0 Å². The third kappa shape index (κ3) is 4.87. The Morgan fingerprint density at radius 1 is 1.24 bits per heavy atom. The summed E-state index contributed by atoms with van der Waals surface area (Å²) in [6, 6.07) is 10.5. The lowest BCUT2D eigenvalue weighted by molar-refractivity contribution is -0.113. The molecule has 0 saturated heterocycles. The van der Waals surface area contributed by atoms with Crippen LogP contribution in [0.1, 0.15) is 10.5 Å². The number of hydrogen-bond acceptors (Lipinski definition) is 4. The van der Waals surface area contributed by atoms with Gasteiger partial charge in [-0.3, -0.25) is 4.79 Å². The highest BCUT2D eigenvalue weighted by atomic mass is 79.9. The molecule has 7 heteroatoms. The van der Waals surface area contributed by atoms with Crippen LogP contribution in [0.3, 0.4) is 0 Å². The van der Waals surface area contributed by atoms with Crippen LogP contribution in [-0.4, -0.2) is 27.7 Å². The fraction of sp³-hybridized carbons (Fsp3) is 0.0714. The summed E-state index contributed by atoms with van der Waals surface area (Å²) in [5, 5.41) is 11.5. The molecule has 2 rings (SSSR count). The number of carboxylic acids is 1. The van der Waals surface area contributed by atoms with Gasteiger partial charge in [0.2, 0.25) is 5.91 Å². The summed E-state index contributed by atoms with van der Waals surface area (Å²) < 4.78 is 0.981. The predicted octanol–water partition coefficient (Wildman–Crippen LogP) is 3.27. The number of pyridine rings is 1.